The summed E-state index contributed by atoms with van der Waals surface area (Å²) in [4.78, 5) is 15.0. The summed E-state index contributed by atoms with van der Waals surface area (Å²) < 4.78 is 11.8. The highest BCUT2D eigenvalue weighted by molar-refractivity contribution is 5.80. The molecule has 0 amide bonds. The fourth-order valence-electron chi connectivity index (χ4n) is 1.90. The van der Waals surface area contributed by atoms with Gasteiger partial charge in [-0.05, 0) is 30.7 Å². The largest absolute Gasteiger partial charge is 0.496 e. The number of rotatable bonds is 5. The average Bonchev–Trinajstić information content (AvgIpc) is 2.80. The number of carbonyl (C=O) groups is 1. The van der Waals surface area contributed by atoms with Crippen molar-refractivity contribution in [3.63, 3.8) is 0 Å². The van der Waals surface area contributed by atoms with Gasteiger partial charge in [0.1, 0.15) is 12.4 Å². The predicted molar refractivity (Wildman–Crippen MR) is 82.8 cm³/mol. The molecule has 0 fully saturated rings. The molecule has 0 saturated heterocycles. The van der Waals surface area contributed by atoms with Crippen LogP contribution in [0.25, 0.3) is 0 Å². The van der Waals surface area contributed by atoms with E-state index in [-0.39, 0.29) is 12.6 Å². The molecule has 7 heteroatoms. The molecule has 0 aliphatic rings. The molecule has 0 aliphatic heterocycles. The molecule has 1 heterocycles. The van der Waals surface area contributed by atoms with Crippen LogP contribution in [0.2, 0.25) is 0 Å². The maximum Gasteiger partial charge on any atom is 0.302 e. The minimum absolute atomic E-state index is 0.145. The molecular weight excluding hydrogens is 284 g/mol. The van der Waals surface area contributed by atoms with Crippen molar-refractivity contribution in [2.75, 3.05) is 12.8 Å². The van der Waals surface area contributed by atoms with Crippen LogP contribution in [0.1, 0.15) is 23.7 Å². The number of carbonyl (C=O) groups excluding carboxylic acids is 1. The Morgan fingerprint density at radius 1 is 1.50 bits per heavy atom. The van der Waals surface area contributed by atoms with E-state index in [1.807, 2.05) is 19.1 Å². The number of esters is 1. The van der Waals surface area contributed by atoms with Gasteiger partial charge in [-0.3, -0.25) is 4.79 Å². The zero-order valence-corrected chi connectivity index (χ0v) is 12.7. The van der Waals surface area contributed by atoms with Gasteiger partial charge in [0.05, 0.1) is 25.2 Å². The number of nitrogens with two attached hydrogens (primary N) is 1. The van der Waals surface area contributed by atoms with Crippen LogP contribution >= 0.6 is 0 Å². The van der Waals surface area contributed by atoms with Gasteiger partial charge in [0.15, 0.2) is 0 Å². The number of imidazole rings is 1. The van der Waals surface area contributed by atoms with Crippen molar-refractivity contribution >= 4 is 18.1 Å². The summed E-state index contributed by atoms with van der Waals surface area (Å²) in [6.45, 7) is 3.35. The molecule has 2 aromatic rings. The highest BCUT2D eigenvalue weighted by Crippen LogP contribution is 2.20. The Morgan fingerprint density at radius 3 is 2.86 bits per heavy atom. The van der Waals surface area contributed by atoms with Crippen molar-refractivity contribution < 1.29 is 14.3 Å². The molecule has 0 radical (unpaired) electrons. The second-order valence-electron chi connectivity index (χ2n) is 4.68. The first kappa shape index (κ1) is 15.6. The number of anilines is 1. The van der Waals surface area contributed by atoms with E-state index in [0.29, 0.717) is 11.7 Å². The fraction of sp³-hybridized carbons (Fsp3) is 0.267. The van der Waals surface area contributed by atoms with E-state index in [2.05, 4.69) is 10.1 Å². The number of ether oxygens (including phenoxy) is 2. The summed E-state index contributed by atoms with van der Waals surface area (Å²) in [7, 11) is 1.56. The van der Waals surface area contributed by atoms with Crippen LogP contribution in [0.15, 0.2) is 29.5 Å². The summed E-state index contributed by atoms with van der Waals surface area (Å²) in [6, 6.07) is 5.48. The van der Waals surface area contributed by atoms with Crippen molar-refractivity contribution in [3.05, 3.63) is 41.2 Å². The van der Waals surface area contributed by atoms with Crippen LogP contribution in [-0.4, -0.2) is 29.0 Å². The smallest absolute Gasteiger partial charge is 0.302 e. The van der Waals surface area contributed by atoms with Crippen LogP contribution in [0, 0.1) is 6.92 Å². The number of nitrogens with zero attached hydrogens (tertiary/aromatic N) is 3. The van der Waals surface area contributed by atoms with Crippen molar-refractivity contribution in [1.29, 1.82) is 0 Å². The van der Waals surface area contributed by atoms with Gasteiger partial charge < -0.3 is 15.2 Å². The lowest BCUT2D eigenvalue weighted by molar-refractivity contribution is -0.142. The number of nitrogen functional groups attached to an aromatic ring is 1. The molecule has 2 rings (SSSR count). The zero-order valence-electron chi connectivity index (χ0n) is 12.7. The monoisotopic (exact) mass is 302 g/mol. The van der Waals surface area contributed by atoms with Gasteiger partial charge in [-0.25, -0.2) is 9.66 Å². The average molecular weight is 302 g/mol. The Labute approximate surface area is 128 Å². The Hall–Kier alpha value is -2.83. The molecule has 0 atom stereocenters. The quantitative estimate of drug-likeness (QED) is 0.671. The number of aromatic nitrogens is 2. The molecule has 0 bridgehead atoms. The number of aryl methyl sites for hydroxylation is 1. The highest BCUT2D eigenvalue weighted by Gasteiger charge is 2.06. The lowest BCUT2D eigenvalue weighted by Gasteiger charge is -2.09. The van der Waals surface area contributed by atoms with Gasteiger partial charge in [0.2, 0.25) is 5.95 Å². The van der Waals surface area contributed by atoms with Crippen LogP contribution < -0.4 is 10.5 Å². The first-order valence-electron chi connectivity index (χ1n) is 6.65. The Kier molecular flexibility index (Phi) is 4.77. The number of benzene rings is 1. The van der Waals surface area contributed by atoms with Gasteiger partial charge in [-0.1, -0.05) is 0 Å². The standard InChI is InChI=1S/C15H18N4O3/c1-10-8-19(15(16)18-10)17-7-12-4-5-14(21-3)13(6-12)9-22-11(2)20/h4-8H,9H2,1-3H3,(H2,16,18). The molecule has 0 aliphatic carbocycles. The molecule has 1 aromatic heterocycles. The third kappa shape index (κ3) is 3.85. The van der Waals surface area contributed by atoms with Gasteiger partial charge in [0, 0.05) is 12.5 Å². The van der Waals surface area contributed by atoms with Crippen LogP contribution in [-0.2, 0) is 16.1 Å². The SMILES string of the molecule is COc1ccc(C=Nn2cc(C)nc2N)cc1COC(C)=O. The lowest BCUT2D eigenvalue weighted by atomic mass is 10.1. The van der Waals surface area contributed by atoms with E-state index in [9.17, 15) is 4.79 Å². The molecule has 2 N–H and O–H groups in total. The Morgan fingerprint density at radius 2 is 2.27 bits per heavy atom. The lowest BCUT2D eigenvalue weighted by Crippen LogP contribution is -2.02. The van der Waals surface area contributed by atoms with E-state index in [0.717, 1.165) is 16.8 Å². The van der Waals surface area contributed by atoms with E-state index in [1.165, 1.54) is 11.6 Å². The molecule has 0 unspecified atom stereocenters. The maximum atomic E-state index is 10.9. The van der Waals surface area contributed by atoms with Crippen LogP contribution in [0.5, 0.6) is 5.75 Å². The second kappa shape index (κ2) is 6.75. The third-order valence-electron chi connectivity index (χ3n) is 2.90. The summed E-state index contributed by atoms with van der Waals surface area (Å²) >= 11 is 0. The van der Waals surface area contributed by atoms with Gasteiger partial charge in [-0.2, -0.15) is 5.10 Å². The van der Waals surface area contributed by atoms with Crippen molar-refractivity contribution in [3.8, 4) is 5.75 Å². The fourth-order valence-corrected chi connectivity index (χ4v) is 1.90. The van der Waals surface area contributed by atoms with Gasteiger partial charge >= 0.3 is 5.97 Å². The maximum absolute atomic E-state index is 10.9. The minimum Gasteiger partial charge on any atom is -0.496 e. The molecular formula is C15H18N4O3. The Balaban J connectivity index is 2.22. The summed E-state index contributed by atoms with van der Waals surface area (Å²) in [6.07, 6.45) is 3.38. The summed E-state index contributed by atoms with van der Waals surface area (Å²) in [5, 5.41) is 4.24. The summed E-state index contributed by atoms with van der Waals surface area (Å²) in [5.74, 6) is 0.626. The van der Waals surface area contributed by atoms with Crippen LogP contribution in [0.4, 0.5) is 5.95 Å². The van der Waals surface area contributed by atoms with E-state index >= 15 is 0 Å². The topological polar surface area (TPSA) is 91.7 Å². The second-order valence-corrected chi connectivity index (χ2v) is 4.68. The van der Waals surface area contributed by atoms with Gasteiger partial charge in [-0.15, -0.1) is 0 Å². The van der Waals surface area contributed by atoms with E-state index in [1.54, 1.807) is 25.6 Å². The first-order chi connectivity index (χ1) is 10.5. The molecule has 0 spiro atoms. The van der Waals surface area contributed by atoms with Crippen molar-refractivity contribution in [2.24, 2.45) is 5.10 Å². The van der Waals surface area contributed by atoms with E-state index < -0.39 is 0 Å². The molecule has 0 saturated carbocycles. The van der Waals surface area contributed by atoms with Crippen molar-refractivity contribution in [1.82, 2.24) is 9.66 Å². The number of methoxy groups -OCH3 is 1. The highest BCUT2D eigenvalue weighted by atomic mass is 16.5. The minimum atomic E-state index is -0.345. The molecule has 7 nitrogen and oxygen atoms in total. The van der Waals surface area contributed by atoms with Gasteiger partial charge in [0.25, 0.3) is 0 Å². The molecule has 1 aromatic carbocycles. The third-order valence-corrected chi connectivity index (χ3v) is 2.90. The zero-order chi connectivity index (χ0) is 16.1. The molecule has 116 valence electrons. The number of hydrogen-bond donors (Lipinski definition) is 1. The number of hydrogen-bond acceptors (Lipinski definition) is 6. The summed E-state index contributed by atoms with van der Waals surface area (Å²) in [5.41, 5.74) is 8.10. The van der Waals surface area contributed by atoms with Crippen LogP contribution in [0.3, 0.4) is 0 Å². The van der Waals surface area contributed by atoms with Crippen molar-refractivity contribution in [2.45, 2.75) is 20.5 Å². The Bertz CT molecular complexity index is 707. The normalized spacial score (nSPS) is 10.9. The molecule has 22 heavy (non-hydrogen) atoms. The first-order valence-corrected chi connectivity index (χ1v) is 6.65. The predicted octanol–water partition coefficient (Wildman–Crippen LogP) is 1.73. The van der Waals surface area contributed by atoms with E-state index in [4.69, 9.17) is 15.2 Å².